The fourth-order valence-corrected chi connectivity index (χ4v) is 1.81. The van der Waals surface area contributed by atoms with E-state index >= 15 is 0 Å². The van der Waals surface area contributed by atoms with Crippen LogP contribution in [0.15, 0.2) is 30.5 Å². The van der Waals surface area contributed by atoms with Crippen molar-refractivity contribution in [3.63, 3.8) is 0 Å². The average Bonchev–Trinajstić information content (AvgIpc) is 2.72. The Bertz CT molecular complexity index is 462. The summed E-state index contributed by atoms with van der Waals surface area (Å²) in [7, 11) is 1.69. The highest BCUT2D eigenvalue weighted by molar-refractivity contribution is 5.81. The van der Waals surface area contributed by atoms with Crippen LogP contribution in [0, 0.1) is 0 Å². The lowest BCUT2D eigenvalue weighted by molar-refractivity contribution is 0.140. The maximum atomic E-state index is 5.36. The highest BCUT2D eigenvalue weighted by atomic mass is 16.5. The Kier molecular flexibility index (Phi) is 3.47. The van der Waals surface area contributed by atoms with E-state index in [4.69, 9.17) is 9.47 Å². The zero-order chi connectivity index (χ0) is 11.4. The monoisotopic (exact) mass is 219 g/mol. The first kappa shape index (κ1) is 11.0. The molecule has 1 heterocycles. The van der Waals surface area contributed by atoms with Crippen LogP contribution in [0.2, 0.25) is 0 Å². The maximum Gasteiger partial charge on any atom is 0.119 e. The van der Waals surface area contributed by atoms with E-state index in [2.05, 4.69) is 22.9 Å². The molecule has 86 valence electrons. The first-order valence-electron chi connectivity index (χ1n) is 5.55. The quantitative estimate of drug-likeness (QED) is 0.722. The number of aromatic nitrogens is 1. The SMILES string of the molecule is CCOCCn1ccc2cc(OC)ccc21. The van der Waals surface area contributed by atoms with Gasteiger partial charge in [0.1, 0.15) is 5.75 Å². The normalized spacial score (nSPS) is 10.9. The fraction of sp³-hybridized carbons (Fsp3) is 0.385. The number of fused-ring (bicyclic) bond motifs is 1. The van der Waals surface area contributed by atoms with Gasteiger partial charge in [0.2, 0.25) is 0 Å². The predicted octanol–water partition coefficient (Wildman–Crippen LogP) is 2.69. The maximum absolute atomic E-state index is 5.36. The Morgan fingerprint density at radius 3 is 2.88 bits per heavy atom. The molecule has 0 amide bonds. The molecular weight excluding hydrogens is 202 g/mol. The van der Waals surface area contributed by atoms with Gasteiger partial charge in [0.25, 0.3) is 0 Å². The van der Waals surface area contributed by atoms with Gasteiger partial charge < -0.3 is 14.0 Å². The Morgan fingerprint density at radius 2 is 2.12 bits per heavy atom. The molecule has 3 nitrogen and oxygen atoms in total. The topological polar surface area (TPSA) is 23.4 Å². The summed E-state index contributed by atoms with van der Waals surface area (Å²) < 4.78 is 12.8. The summed E-state index contributed by atoms with van der Waals surface area (Å²) in [6, 6.07) is 8.22. The third-order valence-corrected chi connectivity index (χ3v) is 2.66. The van der Waals surface area contributed by atoms with E-state index in [1.807, 2.05) is 19.1 Å². The molecule has 1 aromatic heterocycles. The van der Waals surface area contributed by atoms with Crippen LogP contribution < -0.4 is 4.74 Å². The molecule has 1 aromatic carbocycles. The predicted molar refractivity (Wildman–Crippen MR) is 65.0 cm³/mol. The van der Waals surface area contributed by atoms with Crippen molar-refractivity contribution in [3.05, 3.63) is 30.5 Å². The molecule has 3 heteroatoms. The Labute approximate surface area is 95.6 Å². The minimum Gasteiger partial charge on any atom is -0.497 e. The number of benzene rings is 1. The van der Waals surface area contributed by atoms with Crippen LogP contribution in [0.5, 0.6) is 5.75 Å². The van der Waals surface area contributed by atoms with Gasteiger partial charge in [-0.2, -0.15) is 0 Å². The lowest BCUT2D eigenvalue weighted by atomic mass is 10.2. The smallest absolute Gasteiger partial charge is 0.119 e. The van der Waals surface area contributed by atoms with E-state index < -0.39 is 0 Å². The van der Waals surface area contributed by atoms with Crippen LogP contribution >= 0.6 is 0 Å². The number of hydrogen-bond acceptors (Lipinski definition) is 2. The molecule has 0 bridgehead atoms. The van der Waals surface area contributed by atoms with Crippen molar-refractivity contribution in [2.75, 3.05) is 20.3 Å². The van der Waals surface area contributed by atoms with Gasteiger partial charge in [-0.1, -0.05) is 0 Å². The van der Waals surface area contributed by atoms with Crippen molar-refractivity contribution >= 4 is 10.9 Å². The first-order valence-corrected chi connectivity index (χ1v) is 5.55. The Morgan fingerprint density at radius 1 is 1.25 bits per heavy atom. The summed E-state index contributed by atoms with van der Waals surface area (Å²) >= 11 is 0. The van der Waals surface area contributed by atoms with Crippen LogP contribution in [0.25, 0.3) is 10.9 Å². The summed E-state index contributed by atoms with van der Waals surface area (Å²) in [4.78, 5) is 0. The van der Waals surface area contributed by atoms with E-state index in [0.29, 0.717) is 0 Å². The number of rotatable bonds is 5. The standard InChI is InChI=1S/C13H17NO2/c1-3-16-9-8-14-7-6-11-10-12(15-2)4-5-13(11)14/h4-7,10H,3,8-9H2,1-2H3. The summed E-state index contributed by atoms with van der Waals surface area (Å²) in [6.07, 6.45) is 2.09. The first-order chi connectivity index (χ1) is 7.85. The molecule has 16 heavy (non-hydrogen) atoms. The van der Waals surface area contributed by atoms with Crippen molar-refractivity contribution in [2.24, 2.45) is 0 Å². The van der Waals surface area contributed by atoms with Gasteiger partial charge in [-0.15, -0.1) is 0 Å². The van der Waals surface area contributed by atoms with E-state index in [-0.39, 0.29) is 0 Å². The fourth-order valence-electron chi connectivity index (χ4n) is 1.81. The van der Waals surface area contributed by atoms with Gasteiger partial charge in [0.15, 0.2) is 0 Å². The van der Waals surface area contributed by atoms with E-state index in [1.54, 1.807) is 7.11 Å². The molecule has 2 aromatic rings. The zero-order valence-electron chi connectivity index (χ0n) is 9.77. The van der Waals surface area contributed by atoms with Gasteiger partial charge >= 0.3 is 0 Å². The van der Waals surface area contributed by atoms with E-state index in [0.717, 1.165) is 25.5 Å². The molecule has 0 aliphatic heterocycles. The highest BCUT2D eigenvalue weighted by Gasteiger charge is 2.01. The van der Waals surface area contributed by atoms with Gasteiger partial charge in [-0.05, 0) is 31.2 Å². The number of ether oxygens (including phenoxy) is 2. The van der Waals surface area contributed by atoms with Crippen LogP contribution in [0.1, 0.15) is 6.92 Å². The van der Waals surface area contributed by atoms with Gasteiger partial charge in [-0.25, -0.2) is 0 Å². The Hall–Kier alpha value is -1.48. The highest BCUT2D eigenvalue weighted by Crippen LogP contribution is 2.21. The van der Waals surface area contributed by atoms with Gasteiger partial charge in [0.05, 0.1) is 13.7 Å². The Balaban J connectivity index is 2.20. The van der Waals surface area contributed by atoms with Crippen molar-refractivity contribution in [1.82, 2.24) is 4.57 Å². The van der Waals surface area contributed by atoms with Crippen molar-refractivity contribution in [3.8, 4) is 5.75 Å². The third kappa shape index (κ3) is 2.19. The second kappa shape index (κ2) is 5.03. The molecule has 0 N–H and O–H groups in total. The second-order valence-corrected chi connectivity index (χ2v) is 3.63. The van der Waals surface area contributed by atoms with Crippen LogP contribution in [0.3, 0.4) is 0 Å². The molecular formula is C13H17NO2. The molecule has 0 aliphatic carbocycles. The van der Waals surface area contributed by atoms with Gasteiger partial charge in [-0.3, -0.25) is 0 Å². The lowest BCUT2D eigenvalue weighted by Gasteiger charge is -2.06. The molecule has 0 spiro atoms. The molecule has 0 aliphatic rings. The van der Waals surface area contributed by atoms with Crippen molar-refractivity contribution in [1.29, 1.82) is 0 Å². The largest absolute Gasteiger partial charge is 0.497 e. The summed E-state index contributed by atoms with van der Waals surface area (Å²) in [5.74, 6) is 0.898. The molecule has 0 radical (unpaired) electrons. The number of methoxy groups -OCH3 is 1. The summed E-state index contributed by atoms with van der Waals surface area (Å²) in [6.45, 7) is 4.43. The summed E-state index contributed by atoms with van der Waals surface area (Å²) in [5, 5.41) is 1.20. The van der Waals surface area contributed by atoms with Crippen LogP contribution in [-0.4, -0.2) is 24.9 Å². The van der Waals surface area contributed by atoms with Crippen molar-refractivity contribution in [2.45, 2.75) is 13.5 Å². The second-order valence-electron chi connectivity index (χ2n) is 3.63. The lowest BCUT2D eigenvalue weighted by Crippen LogP contribution is -2.04. The van der Waals surface area contributed by atoms with Crippen LogP contribution in [0.4, 0.5) is 0 Å². The molecule has 0 saturated carbocycles. The van der Waals surface area contributed by atoms with E-state index in [1.165, 1.54) is 10.9 Å². The number of hydrogen-bond donors (Lipinski definition) is 0. The average molecular weight is 219 g/mol. The molecule has 0 unspecified atom stereocenters. The molecule has 0 saturated heterocycles. The molecule has 2 rings (SSSR count). The minimum atomic E-state index is 0.756. The van der Waals surface area contributed by atoms with E-state index in [9.17, 15) is 0 Å². The summed E-state index contributed by atoms with van der Waals surface area (Å²) in [5.41, 5.74) is 1.22. The molecule has 0 atom stereocenters. The minimum absolute atomic E-state index is 0.756. The number of nitrogens with zero attached hydrogens (tertiary/aromatic N) is 1. The van der Waals surface area contributed by atoms with Crippen LogP contribution in [-0.2, 0) is 11.3 Å². The zero-order valence-corrected chi connectivity index (χ0v) is 9.77. The third-order valence-electron chi connectivity index (χ3n) is 2.66. The van der Waals surface area contributed by atoms with Crippen molar-refractivity contribution < 1.29 is 9.47 Å². The van der Waals surface area contributed by atoms with Gasteiger partial charge in [0, 0.05) is 30.3 Å². The molecule has 0 fully saturated rings.